The summed E-state index contributed by atoms with van der Waals surface area (Å²) in [5.41, 5.74) is 3.89. The van der Waals surface area contributed by atoms with Gasteiger partial charge in [0.05, 0.1) is 30.4 Å². The average molecular weight is 446 g/mol. The third-order valence-corrected chi connectivity index (χ3v) is 6.75. The number of likely N-dealkylation sites (tertiary alicyclic amines) is 1. The molecule has 0 aliphatic carbocycles. The van der Waals surface area contributed by atoms with E-state index in [2.05, 4.69) is 16.6 Å². The van der Waals surface area contributed by atoms with Crippen LogP contribution in [0.15, 0.2) is 59.8 Å². The molecule has 2 aromatic carbocycles. The van der Waals surface area contributed by atoms with Crippen molar-refractivity contribution in [1.82, 2.24) is 9.47 Å². The highest BCUT2D eigenvalue weighted by Gasteiger charge is 2.45. The lowest BCUT2D eigenvalue weighted by atomic mass is 9.86. The number of carbonyl (C=O) groups is 1. The smallest absolute Gasteiger partial charge is 0.253 e. The van der Waals surface area contributed by atoms with E-state index in [1.165, 1.54) is 6.21 Å². The summed E-state index contributed by atoms with van der Waals surface area (Å²) in [5.74, 6) is 1.54. The third-order valence-electron chi connectivity index (χ3n) is 6.75. The van der Waals surface area contributed by atoms with Crippen molar-refractivity contribution in [2.24, 2.45) is 5.16 Å². The number of piperidine rings is 1. The Balaban J connectivity index is 1.42. The first-order valence-corrected chi connectivity index (χ1v) is 11.2. The van der Waals surface area contributed by atoms with Crippen molar-refractivity contribution < 1.29 is 19.5 Å². The van der Waals surface area contributed by atoms with Gasteiger partial charge in [0.1, 0.15) is 11.5 Å². The van der Waals surface area contributed by atoms with Gasteiger partial charge in [-0.05, 0) is 48.4 Å². The van der Waals surface area contributed by atoms with Gasteiger partial charge in [0, 0.05) is 31.5 Å². The van der Waals surface area contributed by atoms with Gasteiger partial charge < -0.3 is 24.1 Å². The minimum absolute atomic E-state index is 0.00509. The van der Waals surface area contributed by atoms with E-state index < -0.39 is 5.60 Å². The minimum Gasteiger partial charge on any atom is -0.496 e. The van der Waals surface area contributed by atoms with Gasteiger partial charge in [-0.1, -0.05) is 30.3 Å². The number of para-hydroxylation sites is 2. The highest BCUT2D eigenvalue weighted by atomic mass is 16.5. The van der Waals surface area contributed by atoms with E-state index in [0.29, 0.717) is 31.5 Å². The van der Waals surface area contributed by atoms with Gasteiger partial charge in [0.15, 0.2) is 5.60 Å². The van der Waals surface area contributed by atoms with Crippen molar-refractivity contribution in [2.75, 3.05) is 20.2 Å². The summed E-state index contributed by atoms with van der Waals surface area (Å²) >= 11 is 0. The highest BCUT2D eigenvalue weighted by Crippen LogP contribution is 2.45. The van der Waals surface area contributed by atoms with Crippen molar-refractivity contribution in [3.8, 4) is 17.2 Å². The van der Waals surface area contributed by atoms with Gasteiger partial charge >= 0.3 is 0 Å². The van der Waals surface area contributed by atoms with Crippen LogP contribution in [0.25, 0.3) is 5.69 Å². The molecule has 1 aromatic heterocycles. The van der Waals surface area contributed by atoms with Crippen molar-refractivity contribution in [3.05, 3.63) is 77.1 Å². The lowest BCUT2D eigenvalue weighted by molar-refractivity contribution is -0.00935. The predicted molar refractivity (Wildman–Crippen MR) is 125 cm³/mol. The maximum Gasteiger partial charge on any atom is 0.253 e. The molecule has 5 rings (SSSR count). The first kappa shape index (κ1) is 21.1. The van der Waals surface area contributed by atoms with E-state index in [0.717, 1.165) is 40.6 Å². The maximum atomic E-state index is 13.3. The Hall–Kier alpha value is -3.74. The summed E-state index contributed by atoms with van der Waals surface area (Å²) in [5, 5.41) is 12.4. The first-order valence-electron chi connectivity index (χ1n) is 11.2. The number of hydrogen-bond acceptors (Lipinski definition) is 5. The number of nitrogens with zero attached hydrogens (tertiary/aromatic N) is 3. The fourth-order valence-electron chi connectivity index (χ4n) is 5.01. The van der Waals surface area contributed by atoms with Crippen LogP contribution in [0.3, 0.4) is 0 Å². The normalized spacial score (nSPS) is 16.4. The molecule has 0 atom stereocenters. The van der Waals surface area contributed by atoms with Crippen LogP contribution in [0.2, 0.25) is 0 Å². The number of aromatic nitrogens is 1. The molecular formula is C26H27N3O4. The standard InChI is InChI=1S/C26H27N3O4/c1-3-18-8-9-19(16-23(18)32-2)25(30)28-14-12-26(13-15-28)24-11-10-20(17-27-31)29(24)21-6-4-5-7-22(21)33-26/h4-11,16-17,31H,3,12-15H2,1-2H3/b27-17-. The van der Waals surface area contributed by atoms with Crippen LogP contribution in [-0.4, -0.2) is 47.0 Å². The minimum atomic E-state index is -0.545. The Labute approximate surface area is 192 Å². The SMILES string of the molecule is CCc1ccc(C(=O)N2CCC3(CC2)Oc2ccccc2-n2c(/C=N\O)ccc23)cc1OC. The Morgan fingerprint density at radius 1 is 1.18 bits per heavy atom. The Morgan fingerprint density at radius 2 is 1.97 bits per heavy atom. The molecule has 33 heavy (non-hydrogen) atoms. The van der Waals surface area contributed by atoms with E-state index >= 15 is 0 Å². The van der Waals surface area contributed by atoms with Crippen LogP contribution in [0.4, 0.5) is 0 Å². The van der Waals surface area contributed by atoms with Gasteiger partial charge in [-0.25, -0.2) is 0 Å². The van der Waals surface area contributed by atoms with Crippen molar-refractivity contribution in [1.29, 1.82) is 0 Å². The Bertz CT molecular complexity index is 1220. The molecule has 0 bridgehead atoms. The zero-order chi connectivity index (χ0) is 23.0. The number of oxime groups is 1. The second-order valence-corrected chi connectivity index (χ2v) is 8.46. The summed E-state index contributed by atoms with van der Waals surface area (Å²) in [7, 11) is 1.64. The van der Waals surface area contributed by atoms with Crippen LogP contribution < -0.4 is 9.47 Å². The van der Waals surface area contributed by atoms with Gasteiger partial charge in [-0.3, -0.25) is 4.79 Å². The molecule has 1 saturated heterocycles. The lowest BCUT2D eigenvalue weighted by Gasteiger charge is -2.45. The molecule has 1 spiro atoms. The monoisotopic (exact) mass is 445 g/mol. The zero-order valence-electron chi connectivity index (χ0n) is 18.8. The van der Waals surface area contributed by atoms with Gasteiger partial charge in [0.2, 0.25) is 0 Å². The van der Waals surface area contributed by atoms with Crippen LogP contribution in [-0.2, 0) is 12.0 Å². The number of ether oxygens (including phenoxy) is 2. The van der Waals surface area contributed by atoms with Crippen LogP contribution in [0.5, 0.6) is 11.5 Å². The van der Waals surface area contributed by atoms with Crippen molar-refractivity contribution >= 4 is 12.1 Å². The molecule has 1 fully saturated rings. The summed E-state index contributed by atoms with van der Waals surface area (Å²) in [6, 6.07) is 17.5. The lowest BCUT2D eigenvalue weighted by Crippen LogP contribution is -2.50. The zero-order valence-corrected chi connectivity index (χ0v) is 18.8. The molecule has 1 amide bonds. The molecule has 7 heteroatoms. The summed E-state index contributed by atoms with van der Waals surface area (Å²) in [6.07, 6.45) is 3.62. The second kappa shape index (κ2) is 8.31. The number of aryl methyl sites for hydroxylation is 1. The fraction of sp³-hybridized carbons (Fsp3) is 0.308. The molecule has 0 radical (unpaired) electrons. The number of fused-ring (bicyclic) bond motifs is 4. The Kier molecular flexibility index (Phi) is 5.32. The van der Waals surface area contributed by atoms with Crippen LogP contribution in [0.1, 0.15) is 47.1 Å². The molecule has 2 aliphatic rings. The molecular weight excluding hydrogens is 418 g/mol. The molecule has 0 unspecified atom stereocenters. The van der Waals surface area contributed by atoms with E-state index in [-0.39, 0.29) is 5.91 Å². The summed E-state index contributed by atoms with van der Waals surface area (Å²) < 4.78 is 14.2. The van der Waals surface area contributed by atoms with E-state index in [1.807, 2.05) is 59.5 Å². The van der Waals surface area contributed by atoms with Crippen molar-refractivity contribution in [3.63, 3.8) is 0 Å². The van der Waals surface area contributed by atoms with Crippen molar-refractivity contribution in [2.45, 2.75) is 31.8 Å². The molecule has 170 valence electrons. The van der Waals surface area contributed by atoms with Crippen LogP contribution in [0, 0.1) is 0 Å². The van der Waals surface area contributed by atoms with E-state index in [9.17, 15) is 4.79 Å². The van der Waals surface area contributed by atoms with Crippen LogP contribution >= 0.6 is 0 Å². The summed E-state index contributed by atoms with van der Waals surface area (Å²) in [6.45, 7) is 3.22. The fourth-order valence-corrected chi connectivity index (χ4v) is 5.01. The number of rotatable bonds is 4. The average Bonchev–Trinajstić information content (AvgIpc) is 3.29. The first-order chi connectivity index (χ1) is 16.1. The third kappa shape index (κ3) is 3.44. The van der Waals surface area contributed by atoms with E-state index in [4.69, 9.17) is 14.7 Å². The second-order valence-electron chi connectivity index (χ2n) is 8.46. The van der Waals surface area contributed by atoms with Gasteiger partial charge in [-0.15, -0.1) is 0 Å². The molecule has 1 N–H and O–H groups in total. The van der Waals surface area contributed by atoms with Gasteiger partial charge in [0.25, 0.3) is 5.91 Å². The predicted octanol–water partition coefficient (Wildman–Crippen LogP) is 4.38. The highest BCUT2D eigenvalue weighted by molar-refractivity contribution is 5.95. The maximum absolute atomic E-state index is 13.3. The molecule has 0 saturated carbocycles. The Morgan fingerprint density at radius 3 is 2.70 bits per heavy atom. The number of benzene rings is 2. The largest absolute Gasteiger partial charge is 0.496 e. The molecule has 3 aromatic rings. The number of hydrogen-bond donors (Lipinski definition) is 1. The molecule has 3 heterocycles. The van der Waals surface area contributed by atoms with Gasteiger partial charge in [-0.2, -0.15) is 0 Å². The molecule has 2 aliphatic heterocycles. The number of amides is 1. The number of carbonyl (C=O) groups excluding carboxylic acids is 1. The quantitative estimate of drug-likeness (QED) is 0.367. The summed E-state index contributed by atoms with van der Waals surface area (Å²) in [4.78, 5) is 15.1. The number of methoxy groups -OCH3 is 1. The molecule has 7 nitrogen and oxygen atoms in total. The van der Waals surface area contributed by atoms with E-state index in [1.54, 1.807) is 7.11 Å². The topological polar surface area (TPSA) is 76.3 Å².